The molecule has 0 unspecified atom stereocenters. The van der Waals surface area contributed by atoms with Crippen molar-refractivity contribution in [3.63, 3.8) is 0 Å². The molecule has 1 N–H and O–H groups in total. The second-order valence-corrected chi connectivity index (χ2v) is 2.79. The van der Waals surface area contributed by atoms with E-state index >= 15 is 0 Å². The highest BCUT2D eigenvalue weighted by Crippen LogP contribution is 2.18. The van der Waals surface area contributed by atoms with Gasteiger partial charge in [-0.2, -0.15) is 0 Å². The fourth-order valence-electron chi connectivity index (χ4n) is 1.32. The summed E-state index contributed by atoms with van der Waals surface area (Å²) >= 11 is 0. The molecule has 2 nitrogen and oxygen atoms in total. The molecule has 0 amide bonds. The Morgan fingerprint density at radius 2 is 2.42 bits per heavy atom. The van der Waals surface area contributed by atoms with Crippen molar-refractivity contribution in [2.24, 2.45) is 0 Å². The lowest BCUT2D eigenvalue weighted by molar-refractivity contribution is -0.104. The average molecular weight is 159 g/mol. The SMILES string of the molecule is O=CC1=Cc2cc[nH]c2C=CC1. The molecule has 60 valence electrons. The molecule has 0 radical (unpaired) electrons. The molecular formula is C10H9NO. The van der Waals surface area contributed by atoms with Crippen LogP contribution in [-0.2, 0) is 4.79 Å². The molecule has 1 aromatic heterocycles. The van der Waals surface area contributed by atoms with Crippen molar-refractivity contribution in [3.05, 3.63) is 35.2 Å². The number of fused-ring (bicyclic) bond motifs is 1. The molecule has 12 heavy (non-hydrogen) atoms. The van der Waals surface area contributed by atoms with Crippen molar-refractivity contribution in [2.45, 2.75) is 6.42 Å². The molecule has 0 aliphatic heterocycles. The van der Waals surface area contributed by atoms with E-state index in [2.05, 4.69) is 4.98 Å². The normalized spacial score (nSPS) is 14.8. The number of H-pyrrole nitrogens is 1. The van der Waals surface area contributed by atoms with E-state index in [1.165, 1.54) is 0 Å². The number of carbonyl (C=O) groups excluding carboxylic acids is 1. The number of rotatable bonds is 1. The zero-order chi connectivity index (χ0) is 8.39. The molecule has 2 heteroatoms. The van der Waals surface area contributed by atoms with Gasteiger partial charge >= 0.3 is 0 Å². The van der Waals surface area contributed by atoms with Crippen molar-refractivity contribution in [1.29, 1.82) is 0 Å². The Morgan fingerprint density at radius 3 is 3.25 bits per heavy atom. The third-order valence-electron chi connectivity index (χ3n) is 1.94. The van der Waals surface area contributed by atoms with Crippen LogP contribution in [0.15, 0.2) is 23.9 Å². The number of aromatic amines is 1. The number of aldehydes is 1. The number of hydrogen-bond donors (Lipinski definition) is 1. The van der Waals surface area contributed by atoms with Gasteiger partial charge in [0, 0.05) is 11.9 Å². The van der Waals surface area contributed by atoms with E-state index in [1.54, 1.807) is 0 Å². The van der Waals surface area contributed by atoms with E-state index in [0.29, 0.717) is 0 Å². The second kappa shape index (κ2) is 2.81. The van der Waals surface area contributed by atoms with Gasteiger partial charge in [0.25, 0.3) is 0 Å². The van der Waals surface area contributed by atoms with Crippen LogP contribution < -0.4 is 0 Å². The molecule has 0 atom stereocenters. The summed E-state index contributed by atoms with van der Waals surface area (Å²) in [6.45, 7) is 0. The van der Waals surface area contributed by atoms with Gasteiger partial charge in [-0.1, -0.05) is 6.08 Å². The number of carbonyl (C=O) groups is 1. The summed E-state index contributed by atoms with van der Waals surface area (Å²) < 4.78 is 0. The molecule has 2 rings (SSSR count). The number of hydrogen-bond acceptors (Lipinski definition) is 1. The highest BCUT2D eigenvalue weighted by atomic mass is 16.1. The Bertz CT molecular complexity index is 358. The highest BCUT2D eigenvalue weighted by molar-refractivity contribution is 5.84. The predicted octanol–water partition coefficient (Wildman–Crippen LogP) is 2.01. The smallest absolute Gasteiger partial charge is 0.146 e. The van der Waals surface area contributed by atoms with E-state index in [4.69, 9.17) is 0 Å². The van der Waals surface area contributed by atoms with Crippen molar-refractivity contribution in [2.75, 3.05) is 0 Å². The van der Waals surface area contributed by atoms with Crippen LogP contribution in [0.2, 0.25) is 0 Å². The van der Waals surface area contributed by atoms with E-state index in [0.717, 1.165) is 29.5 Å². The Hall–Kier alpha value is -1.57. The van der Waals surface area contributed by atoms with Gasteiger partial charge < -0.3 is 4.98 Å². The third-order valence-corrected chi connectivity index (χ3v) is 1.94. The lowest BCUT2D eigenvalue weighted by Gasteiger charge is -1.89. The number of allylic oxidation sites excluding steroid dienone is 2. The zero-order valence-electron chi connectivity index (χ0n) is 6.58. The molecule has 0 aromatic carbocycles. The van der Waals surface area contributed by atoms with Gasteiger partial charge in [0.05, 0.1) is 0 Å². The first kappa shape index (κ1) is 7.10. The van der Waals surface area contributed by atoms with Gasteiger partial charge in [-0.25, -0.2) is 0 Å². The predicted molar refractivity (Wildman–Crippen MR) is 48.5 cm³/mol. The minimum Gasteiger partial charge on any atom is -0.361 e. The molecule has 1 heterocycles. The van der Waals surface area contributed by atoms with Crippen LogP contribution in [0, 0.1) is 0 Å². The van der Waals surface area contributed by atoms with Crippen LogP contribution in [0.25, 0.3) is 12.2 Å². The van der Waals surface area contributed by atoms with Crippen molar-refractivity contribution in [1.82, 2.24) is 4.98 Å². The van der Waals surface area contributed by atoms with Crippen molar-refractivity contribution >= 4 is 18.4 Å². The molecule has 1 aromatic rings. The maximum Gasteiger partial charge on any atom is 0.146 e. The Kier molecular flexibility index (Phi) is 1.67. The Balaban J connectivity index is 2.51. The molecule has 0 fully saturated rings. The van der Waals surface area contributed by atoms with Crippen LogP contribution in [0.3, 0.4) is 0 Å². The largest absolute Gasteiger partial charge is 0.361 e. The maximum absolute atomic E-state index is 10.5. The summed E-state index contributed by atoms with van der Waals surface area (Å²) in [4.78, 5) is 13.6. The first-order valence-electron chi connectivity index (χ1n) is 3.90. The minimum absolute atomic E-state index is 0.728. The van der Waals surface area contributed by atoms with E-state index in [1.807, 2.05) is 30.5 Å². The van der Waals surface area contributed by atoms with Crippen LogP contribution in [-0.4, -0.2) is 11.3 Å². The van der Waals surface area contributed by atoms with Crippen LogP contribution >= 0.6 is 0 Å². The zero-order valence-corrected chi connectivity index (χ0v) is 6.58. The first-order chi connectivity index (χ1) is 5.90. The number of aromatic nitrogens is 1. The van der Waals surface area contributed by atoms with E-state index in [-0.39, 0.29) is 0 Å². The van der Waals surface area contributed by atoms with Crippen LogP contribution in [0.4, 0.5) is 0 Å². The Morgan fingerprint density at radius 1 is 1.50 bits per heavy atom. The van der Waals surface area contributed by atoms with E-state index < -0.39 is 0 Å². The third kappa shape index (κ3) is 1.11. The monoisotopic (exact) mass is 159 g/mol. The van der Waals surface area contributed by atoms with Gasteiger partial charge in [-0.05, 0) is 35.8 Å². The summed E-state index contributed by atoms with van der Waals surface area (Å²) in [5, 5.41) is 0. The molecule has 0 spiro atoms. The van der Waals surface area contributed by atoms with Crippen LogP contribution in [0.1, 0.15) is 17.7 Å². The number of nitrogens with one attached hydrogen (secondary N) is 1. The average Bonchev–Trinajstić information content (AvgIpc) is 2.43. The molecule has 0 saturated heterocycles. The van der Waals surface area contributed by atoms with Gasteiger partial charge in [-0.15, -0.1) is 0 Å². The summed E-state index contributed by atoms with van der Waals surface area (Å²) in [6.07, 6.45) is 9.42. The minimum atomic E-state index is 0.728. The molecule has 1 aliphatic carbocycles. The Labute approximate surface area is 70.6 Å². The second-order valence-electron chi connectivity index (χ2n) is 2.79. The molecule has 0 saturated carbocycles. The first-order valence-corrected chi connectivity index (χ1v) is 3.90. The van der Waals surface area contributed by atoms with Gasteiger partial charge in [0.1, 0.15) is 6.29 Å². The van der Waals surface area contributed by atoms with Crippen LogP contribution in [0.5, 0.6) is 0 Å². The highest BCUT2D eigenvalue weighted by Gasteiger charge is 2.03. The topological polar surface area (TPSA) is 32.9 Å². The summed E-state index contributed by atoms with van der Waals surface area (Å²) in [6, 6.07) is 1.97. The standard InChI is InChI=1S/C10H9NO/c12-7-8-2-1-3-10-9(6-8)4-5-11-10/h1,3-7,11H,2H2. The maximum atomic E-state index is 10.5. The van der Waals surface area contributed by atoms with Gasteiger partial charge in [-0.3, -0.25) is 4.79 Å². The quantitative estimate of drug-likeness (QED) is 0.625. The van der Waals surface area contributed by atoms with Gasteiger partial charge in [0.2, 0.25) is 0 Å². The van der Waals surface area contributed by atoms with Crippen molar-refractivity contribution < 1.29 is 4.79 Å². The summed E-state index contributed by atoms with van der Waals surface area (Å²) in [5.41, 5.74) is 2.99. The summed E-state index contributed by atoms with van der Waals surface area (Å²) in [5.74, 6) is 0. The summed E-state index contributed by atoms with van der Waals surface area (Å²) in [7, 11) is 0. The lowest BCUT2D eigenvalue weighted by atomic mass is 10.1. The van der Waals surface area contributed by atoms with Crippen molar-refractivity contribution in [3.8, 4) is 0 Å². The van der Waals surface area contributed by atoms with Gasteiger partial charge in [0.15, 0.2) is 0 Å². The fourth-order valence-corrected chi connectivity index (χ4v) is 1.32. The fraction of sp³-hybridized carbons (Fsp3) is 0.100. The molecule has 1 aliphatic rings. The lowest BCUT2D eigenvalue weighted by Crippen LogP contribution is -1.79. The molecular weight excluding hydrogens is 150 g/mol. The van der Waals surface area contributed by atoms with E-state index in [9.17, 15) is 4.79 Å². The molecule has 0 bridgehead atoms.